The predicted molar refractivity (Wildman–Crippen MR) is 89.7 cm³/mol. The third-order valence-electron chi connectivity index (χ3n) is 3.90. The summed E-state index contributed by atoms with van der Waals surface area (Å²) in [4.78, 5) is 0. The van der Waals surface area contributed by atoms with Crippen molar-refractivity contribution in [3.05, 3.63) is 36.0 Å². The number of rotatable bonds is 10. The lowest BCUT2D eigenvalue weighted by Crippen LogP contribution is -2.18. The molecule has 0 amide bonds. The summed E-state index contributed by atoms with van der Waals surface area (Å²) in [6, 6.07) is 8.97. The van der Waals surface area contributed by atoms with Crippen LogP contribution in [0.5, 0.6) is 0 Å². The minimum absolute atomic E-state index is 0.760. The van der Waals surface area contributed by atoms with Gasteiger partial charge in [0.05, 0.1) is 6.61 Å². The van der Waals surface area contributed by atoms with E-state index < -0.39 is 0 Å². The Hall–Kier alpha value is -1.32. The molecule has 0 atom stereocenters. The fraction of sp³-hybridized carbons (Fsp3) is 0.556. The SMILES string of the molecule is CCCCCCn1ccc2ccc(CNCCOC)cc21. The van der Waals surface area contributed by atoms with Crippen molar-refractivity contribution in [3.8, 4) is 0 Å². The van der Waals surface area contributed by atoms with Crippen molar-refractivity contribution in [2.75, 3.05) is 20.3 Å². The zero-order chi connectivity index (χ0) is 14.9. The van der Waals surface area contributed by atoms with E-state index in [9.17, 15) is 0 Å². The highest BCUT2D eigenvalue weighted by atomic mass is 16.5. The van der Waals surface area contributed by atoms with E-state index in [-0.39, 0.29) is 0 Å². The van der Waals surface area contributed by atoms with Gasteiger partial charge in [-0.15, -0.1) is 0 Å². The Morgan fingerprint density at radius 1 is 1.14 bits per heavy atom. The molecule has 0 aliphatic rings. The Morgan fingerprint density at radius 2 is 2.05 bits per heavy atom. The van der Waals surface area contributed by atoms with Crippen LogP contribution in [0, 0.1) is 0 Å². The minimum Gasteiger partial charge on any atom is -0.383 e. The van der Waals surface area contributed by atoms with Crippen LogP contribution >= 0.6 is 0 Å². The molecule has 0 aliphatic carbocycles. The van der Waals surface area contributed by atoms with Crippen LogP contribution in [-0.4, -0.2) is 24.8 Å². The third kappa shape index (κ3) is 4.87. The van der Waals surface area contributed by atoms with E-state index in [0.29, 0.717) is 0 Å². The Balaban J connectivity index is 1.95. The normalized spacial score (nSPS) is 11.3. The fourth-order valence-corrected chi connectivity index (χ4v) is 2.65. The van der Waals surface area contributed by atoms with E-state index in [1.165, 1.54) is 42.1 Å². The number of ether oxygens (including phenoxy) is 1. The van der Waals surface area contributed by atoms with E-state index in [4.69, 9.17) is 4.74 Å². The third-order valence-corrected chi connectivity index (χ3v) is 3.90. The molecule has 0 saturated carbocycles. The average molecular weight is 288 g/mol. The van der Waals surface area contributed by atoms with Gasteiger partial charge in [0.15, 0.2) is 0 Å². The maximum Gasteiger partial charge on any atom is 0.0587 e. The summed E-state index contributed by atoms with van der Waals surface area (Å²) >= 11 is 0. The molecule has 3 heteroatoms. The number of nitrogens with zero attached hydrogens (tertiary/aromatic N) is 1. The van der Waals surface area contributed by atoms with Crippen molar-refractivity contribution in [1.29, 1.82) is 0 Å². The van der Waals surface area contributed by atoms with E-state index in [1.807, 2.05) is 0 Å². The topological polar surface area (TPSA) is 26.2 Å². The number of hydrogen-bond donors (Lipinski definition) is 1. The van der Waals surface area contributed by atoms with Gasteiger partial charge < -0.3 is 14.6 Å². The van der Waals surface area contributed by atoms with Gasteiger partial charge in [-0.2, -0.15) is 0 Å². The highest BCUT2D eigenvalue weighted by molar-refractivity contribution is 5.80. The van der Waals surface area contributed by atoms with Crippen molar-refractivity contribution in [3.63, 3.8) is 0 Å². The molecule has 1 N–H and O–H groups in total. The van der Waals surface area contributed by atoms with Crippen molar-refractivity contribution >= 4 is 10.9 Å². The van der Waals surface area contributed by atoms with Crippen molar-refractivity contribution < 1.29 is 4.74 Å². The van der Waals surface area contributed by atoms with Crippen LogP contribution in [0.1, 0.15) is 38.2 Å². The number of aromatic nitrogens is 1. The summed E-state index contributed by atoms with van der Waals surface area (Å²) in [6.45, 7) is 5.95. The van der Waals surface area contributed by atoms with Gasteiger partial charge in [-0.05, 0) is 29.5 Å². The quantitative estimate of drug-likeness (QED) is 0.670. The lowest BCUT2D eigenvalue weighted by molar-refractivity contribution is 0.199. The summed E-state index contributed by atoms with van der Waals surface area (Å²) in [7, 11) is 1.74. The lowest BCUT2D eigenvalue weighted by Gasteiger charge is -2.08. The molecule has 0 aliphatic heterocycles. The summed E-state index contributed by atoms with van der Waals surface area (Å²) in [5.41, 5.74) is 2.70. The van der Waals surface area contributed by atoms with Crippen LogP contribution in [0.15, 0.2) is 30.5 Å². The highest BCUT2D eigenvalue weighted by Gasteiger charge is 2.02. The van der Waals surface area contributed by atoms with Gasteiger partial charge in [0.1, 0.15) is 0 Å². The van der Waals surface area contributed by atoms with Crippen molar-refractivity contribution in [2.24, 2.45) is 0 Å². The first-order valence-corrected chi connectivity index (χ1v) is 8.12. The smallest absolute Gasteiger partial charge is 0.0587 e. The first-order chi connectivity index (χ1) is 10.3. The largest absolute Gasteiger partial charge is 0.383 e. The Kier molecular flexibility index (Phi) is 6.77. The monoisotopic (exact) mass is 288 g/mol. The molecule has 3 nitrogen and oxygen atoms in total. The van der Waals surface area contributed by atoms with Gasteiger partial charge in [0.2, 0.25) is 0 Å². The molecule has 1 heterocycles. The molecular weight excluding hydrogens is 260 g/mol. The fourth-order valence-electron chi connectivity index (χ4n) is 2.65. The second kappa shape index (κ2) is 8.85. The van der Waals surface area contributed by atoms with Crippen molar-refractivity contribution in [1.82, 2.24) is 9.88 Å². The molecule has 2 rings (SSSR count). The number of hydrogen-bond acceptors (Lipinski definition) is 2. The molecule has 1 aromatic carbocycles. The molecule has 0 saturated heterocycles. The number of nitrogens with one attached hydrogen (secondary N) is 1. The number of fused-ring (bicyclic) bond motifs is 1. The van der Waals surface area contributed by atoms with Gasteiger partial charge in [-0.1, -0.05) is 38.3 Å². The summed E-state index contributed by atoms with van der Waals surface area (Å²) in [6.07, 6.45) is 7.46. The van der Waals surface area contributed by atoms with Crippen LogP contribution in [-0.2, 0) is 17.8 Å². The molecule has 0 spiro atoms. The summed E-state index contributed by atoms with van der Waals surface area (Å²) in [5, 5.41) is 4.74. The van der Waals surface area contributed by atoms with E-state index in [2.05, 4.69) is 47.3 Å². The Labute approximate surface area is 128 Å². The van der Waals surface area contributed by atoms with E-state index in [1.54, 1.807) is 7.11 Å². The Bertz CT molecular complexity index is 533. The number of unbranched alkanes of at least 4 members (excludes halogenated alkanes) is 3. The van der Waals surface area contributed by atoms with Crippen LogP contribution in [0.3, 0.4) is 0 Å². The molecule has 116 valence electrons. The average Bonchev–Trinajstić information content (AvgIpc) is 2.91. The predicted octanol–water partition coefficient (Wildman–Crippen LogP) is 3.96. The van der Waals surface area contributed by atoms with Gasteiger partial charge in [-0.3, -0.25) is 0 Å². The van der Waals surface area contributed by atoms with Gasteiger partial charge in [-0.25, -0.2) is 0 Å². The Morgan fingerprint density at radius 3 is 2.86 bits per heavy atom. The molecule has 0 radical (unpaired) electrons. The minimum atomic E-state index is 0.760. The maximum atomic E-state index is 5.05. The van der Waals surface area contributed by atoms with Crippen LogP contribution in [0.2, 0.25) is 0 Å². The lowest BCUT2D eigenvalue weighted by atomic mass is 10.1. The molecular formula is C18H28N2O. The molecule has 1 aromatic heterocycles. The van der Waals surface area contributed by atoms with Crippen LogP contribution < -0.4 is 5.32 Å². The first-order valence-electron chi connectivity index (χ1n) is 8.12. The van der Waals surface area contributed by atoms with Crippen LogP contribution in [0.4, 0.5) is 0 Å². The number of methoxy groups -OCH3 is 1. The molecule has 2 aromatic rings. The van der Waals surface area contributed by atoms with Crippen LogP contribution in [0.25, 0.3) is 10.9 Å². The summed E-state index contributed by atoms with van der Waals surface area (Å²) in [5.74, 6) is 0. The molecule has 0 unspecified atom stereocenters. The number of benzene rings is 1. The number of aryl methyl sites for hydroxylation is 1. The van der Waals surface area contributed by atoms with Gasteiger partial charge in [0.25, 0.3) is 0 Å². The first kappa shape index (κ1) is 16.1. The second-order valence-electron chi connectivity index (χ2n) is 5.63. The molecule has 0 fully saturated rings. The zero-order valence-corrected chi connectivity index (χ0v) is 13.4. The highest BCUT2D eigenvalue weighted by Crippen LogP contribution is 2.18. The molecule has 21 heavy (non-hydrogen) atoms. The maximum absolute atomic E-state index is 5.05. The van der Waals surface area contributed by atoms with Gasteiger partial charge >= 0.3 is 0 Å². The molecule has 0 bridgehead atoms. The second-order valence-corrected chi connectivity index (χ2v) is 5.63. The summed E-state index contributed by atoms with van der Waals surface area (Å²) < 4.78 is 7.45. The van der Waals surface area contributed by atoms with Crippen molar-refractivity contribution in [2.45, 2.75) is 45.7 Å². The van der Waals surface area contributed by atoms with E-state index >= 15 is 0 Å². The zero-order valence-electron chi connectivity index (χ0n) is 13.4. The standard InChI is InChI=1S/C18H28N2O/c1-3-4-5-6-11-20-12-9-17-8-7-16(14-18(17)20)15-19-10-13-21-2/h7-9,12,14,19H,3-6,10-11,13,15H2,1-2H3. The van der Waals surface area contributed by atoms with Gasteiger partial charge in [0, 0.05) is 38.5 Å². The van der Waals surface area contributed by atoms with E-state index in [0.717, 1.165) is 26.2 Å².